The lowest BCUT2D eigenvalue weighted by molar-refractivity contribution is -0.132. The number of nitrogens with one attached hydrogen (secondary N) is 1. The van der Waals surface area contributed by atoms with Gasteiger partial charge in [0.05, 0.1) is 27.0 Å². The van der Waals surface area contributed by atoms with E-state index in [4.69, 9.17) is 9.47 Å². The number of piperidine rings is 1. The first-order valence-electron chi connectivity index (χ1n) is 10.3. The van der Waals surface area contributed by atoms with Crippen molar-refractivity contribution in [3.63, 3.8) is 0 Å². The molecular weight excluding hydrogens is 398 g/mol. The van der Waals surface area contributed by atoms with Crippen molar-refractivity contribution in [2.75, 3.05) is 34.0 Å². The van der Waals surface area contributed by atoms with Crippen LogP contribution < -0.4 is 14.8 Å². The van der Waals surface area contributed by atoms with Gasteiger partial charge in [0.15, 0.2) is 5.54 Å². The molecular formula is C23H27N3O5. The number of hydrogen-bond donors (Lipinski definition) is 2. The molecule has 0 saturated carbocycles. The Morgan fingerprint density at radius 1 is 1.00 bits per heavy atom. The fourth-order valence-electron chi connectivity index (χ4n) is 4.30. The second-order valence-corrected chi connectivity index (χ2v) is 7.88. The van der Waals surface area contributed by atoms with Crippen molar-refractivity contribution in [1.82, 2.24) is 15.1 Å². The highest BCUT2D eigenvalue weighted by Gasteiger charge is 2.54. The number of β-amino-alcohol motifs (C(OH)–C–C–N with tert-alkyl or cyclic N) is 1. The number of hydrogen-bond acceptors (Lipinski definition) is 6. The molecule has 2 aromatic carbocycles. The zero-order valence-electron chi connectivity index (χ0n) is 17.7. The van der Waals surface area contributed by atoms with Crippen LogP contribution in [0.3, 0.4) is 0 Å². The minimum Gasteiger partial charge on any atom is -0.497 e. The summed E-state index contributed by atoms with van der Waals surface area (Å²) in [6, 6.07) is 13.8. The van der Waals surface area contributed by atoms with Crippen LogP contribution in [0.25, 0.3) is 0 Å². The van der Waals surface area contributed by atoms with Crippen LogP contribution >= 0.6 is 0 Å². The van der Waals surface area contributed by atoms with E-state index in [1.54, 1.807) is 62.8 Å². The molecule has 2 aliphatic heterocycles. The minimum atomic E-state index is -1.36. The molecule has 164 valence electrons. The molecule has 8 nitrogen and oxygen atoms in total. The first kappa shape index (κ1) is 21.1. The van der Waals surface area contributed by atoms with Gasteiger partial charge in [-0.15, -0.1) is 0 Å². The fraction of sp³-hybridized carbons (Fsp3) is 0.391. The molecule has 0 aromatic heterocycles. The third-order valence-corrected chi connectivity index (χ3v) is 5.97. The first-order chi connectivity index (χ1) is 15.0. The molecule has 0 spiro atoms. The van der Waals surface area contributed by atoms with Crippen LogP contribution in [0.1, 0.15) is 24.0 Å². The summed E-state index contributed by atoms with van der Waals surface area (Å²) in [4.78, 5) is 30.0. The zero-order valence-corrected chi connectivity index (χ0v) is 17.7. The number of nitrogens with zero attached hydrogens (tertiary/aromatic N) is 2. The largest absolute Gasteiger partial charge is 0.497 e. The quantitative estimate of drug-likeness (QED) is 0.687. The molecule has 2 heterocycles. The van der Waals surface area contributed by atoms with Gasteiger partial charge in [-0.2, -0.15) is 0 Å². The number of aliphatic hydroxyl groups is 1. The predicted molar refractivity (Wildman–Crippen MR) is 114 cm³/mol. The van der Waals surface area contributed by atoms with E-state index >= 15 is 0 Å². The maximum Gasteiger partial charge on any atom is 0.326 e. The Bertz CT molecular complexity index is 897. The molecule has 0 aliphatic carbocycles. The molecule has 1 atom stereocenters. The van der Waals surface area contributed by atoms with E-state index in [-0.39, 0.29) is 12.6 Å². The maximum absolute atomic E-state index is 13.8. The van der Waals surface area contributed by atoms with Crippen molar-refractivity contribution in [2.45, 2.75) is 24.5 Å². The predicted octanol–water partition coefficient (Wildman–Crippen LogP) is 1.91. The van der Waals surface area contributed by atoms with Gasteiger partial charge >= 0.3 is 6.03 Å². The number of imide groups is 1. The number of amides is 3. The third kappa shape index (κ3) is 3.84. The van der Waals surface area contributed by atoms with Crippen LogP contribution in [0.4, 0.5) is 4.79 Å². The second-order valence-electron chi connectivity index (χ2n) is 7.88. The molecule has 8 heteroatoms. The topological polar surface area (TPSA) is 91.3 Å². The number of carbonyl (C=O) groups is 2. The minimum absolute atomic E-state index is 0.135. The molecule has 4 rings (SSSR count). The molecule has 2 aliphatic rings. The number of rotatable bonds is 6. The molecule has 0 radical (unpaired) electrons. The van der Waals surface area contributed by atoms with E-state index in [9.17, 15) is 14.7 Å². The summed E-state index contributed by atoms with van der Waals surface area (Å²) in [5.41, 5.74) is -0.0830. The highest BCUT2D eigenvalue weighted by atomic mass is 16.5. The van der Waals surface area contributed by atoms with E-state index in [1.807, 2.05) is 4.90 Å². The highest BCUT2D eigenvalue weighted by Crippen LogP contribution is 2.37. The smallest absolute Gasteiger partial charge is 0.326 e. The van der Waals surface area contributed by atoms with Crippen molar-refractivity contribution < 1.29 is 24.2 Å². The molecule has 2 saturated heterocycles. The standard InChI is InChI=1S/C23H27N3O5/c1-30-19-9-5-16(6-10-19)23(17-7-11-20(31-2)12-8-17)21(28)26(22(29)24-23)15-25-13-3-4-18(27)14-25/h5-12,18,27H,3-4,13-15H2,1-2H3,(H,24,29)/t18-/m1/s1. The first-order valence-corrected chi connectivity index (χ1v) is 10.3. The number of ether oxygens (including phenoxy) is 2. The van der Waals surface area contributed by atoms with Gasteiger partial charge in [0, 0.05) is 13.1 Å². The number of urea groups is 1. The number of likely N-dealkylation sites (tertiary alicyclic amines) is 1. The molecule has 0 bridgehead atoms. The summed E-state index contributed by atoms with van der Waals surface area (Å²) in [7, 11) is 3.15. The van der Waals surface area contributed by atoms with Crippen molar-refractivity contribution in [3.05, 3.63) is 59.7 Å². The van der Waals surface area contributed by atoms with E-state index in [1.165, 1.54) is 4.90 Å². The van der Waals surface area contributed by atoms with Gasteiger partial charge in [-0.3, -0.25) is 9.69 Å². The summed E-state index contributed by atoms with van der Waals surface area (Å²) in [6.45, 7) is 1.30. The van der Waals surface area contributed by atoms with Crippen LogP contribution in [0.2, 0.25) is 0 Å². The Kier molecular flexibility index (Phi) is 5.84. The molecule has 2 aromatic rings. The third-order valence-electron chi connectivity index (χ3n) is 5.97. The fourth-order valence-corrected chi connectivity index (χ4v) is 4.30. The van der Waals surface area contributed by atoms with Crippen molar-refractivity contribution >= 4 is 11.9 Å². The summed E-state index contributed by atoms with van der Waals surface area (Å²) >= 11 is 0. The van der Waals surface area contributed by atoms with Gasteiger partial charge in [0.2, 0.25) is 0 Å². The Morgan fingerprint density at radius 3 is 2.03 bits per heavy atom. The molecule has 0 unspecified atom stereocenters. The Labute approximate surface area is 181 Å². The van der Waals surface area contributed by atoms with Crippen molar-refractivity contribution in [1.29, 1.82) is 0 Å². The summed E-state index contributed by atoms with van der Waals surface area (Å²) in [6.07, 6.45) is 1.12. The maximum atomic E-state index is 13.8. The lowest BCUT2D eigenvalue weighted by Crippen LogP contribution is -2.48. The van der Waals surface area contributed by atoms with Crippen molar-refractivity contribution in [2.24, 2.45) is 0 Å². The van der Waals surface area contributed by atoms with Crippen LogP contribution in [-0.4, -0.2) is 66.9 Å². The van der Waals surface area contributed by atoms with Crippen LogP contribution in [0.15, 0.2) is 48.5 Å². The average Bonchev–Trinajstić information content (AvgIpc) is 3.05. The van der Waals surface area contributed by atoms with Gasteiger partial charge < -0.3 is 19.9 Å². The van der Waals surface area contributed by atoms with Gasteiger partial charge in [0.25, 0.3) is 5.91 Å². The monoisotopic (exact) mass is 425 g/mol. The molecule has 2 fully saturated rings. The lowest BCUT2D eigenvalue weighted by atomic mass is 9.82. The summed E-state index contributed by atoms with van der Waals surface area (Å²) in [5, 5.41) is 12.9. The summed E-state index contributed by atoms with van der Waals surface area (Å²) < 4.78 is 10.5. The van der Waals surface area contributed by atoms with E-state index in [0.29, 0.717) is 29.2 Å². The SMILES string of the molecule is COc1ccc(C2(c3ccc(OC)cc3)NC(=O)N(CN3CCC[C@@H](O)C3)C2=O)cc1. The van der Waals surface area contributed by atoms with Crippen LogP contribution in [-0.2, 0) is 10.3 Å². The van der Waals surface area contributed by atoms with Gasteiger partial charge in [-0.1, -0.05) is 24.3 Å². The zero-order chi connectivity index (χ0) is 22.0. The Hall–Kier alpha value is -3.10. The molecule has 2 N–H and O–H groups in total. The number of methoxy groups -OCH3 is 2. The van der Waals surface area contributed by atoms with Gasteiger partial charge in [0.1, 0.15) is 11.5 Å². The van der Waals surface area contributed by atoms with Crippen LogP contribution in [0.5, 0.6) is 11.5 Å². The number of carbonyl (C=O) groups excluding carboxylic acids is 2. The summed E-state index contributed by atoms with van der Waals surface area (Å²) in [5.74, 6) is 0.960. The molecule has 3 amide bonds. The van der Waals surface area contributed by atoms with Crippen LogP contribution in [0, 0.1) is 0 Å². The van der Waals surface area contributed by atoms with Gasteiger partial charge in [-0.05, 0) is 48.2 Å². The normalized spacial score (nSPS) is 21.1. The van der Waals surface area contributed by atoms with E-state index in [2.05, 4.69) is 5.32 Å². The lowest BCUT2D eigenvalue weighted by Gasteiger charge is -2.33. The number of aliphatic hydroxyl groups excluding tert-OH is 1. The second kappa shape index (κ2) is 8.56. The van der Waals surface area contributed by atoms with Gasteiger partial charge in [-0.25, -0.2) is 9.69 Å². The Balaban J connectivity index is 1.73. The van der Waals surface area contributed by atoms with E-state index in [0.717, 1.165) is 19.4 Å². The average molecular weight is 425 g/mol. The number of benzene rings is 2. The van der Waals surface area contributed by atoms with Crippen molar-refractivity contribution in [3.8, 4) is 11.5 Å². The Morgan fingerprint density at radius 2 is 1.55 bits per heavy atom. The molecule has 31 heavy (non-hydrogen) atoms. The highest BCUT2D eigenvalue weighted by molar-refractivity contribution is 6.09. The van der Waals surface area contributed by atoms with E-state index < -0.39 is 17.7 Å².